The lowest BCUT2D eigenvalue weighted by atomic mass is 9.99. The number of sulfonamides is 1. The van der Waals surface area contributed by atoms with E-state index < -0.39 is 21.9 Å². The SMILES string of the molecule is COCCNS(=O)(=O)c1cccc(CNC(=O)N2CCCC(C(=O)O)C2)c1. The van der Waals surface area contributed by atoms with E-state index in [0.29, 0.717) is 24.9 Å². The van der Waals surface area contributed by atoms with Crippen LogP contribution in [0.25, 0.3) is 0 Å². The second-order valence-corrected chi connectivity index (χ2v) is 8.09. The molecule has 1 atom stereocenters. The fourth-order valence-corrected chi connectivity index (χ4v) is 3.92. The minimum Gasteiger partial charge on any atom is -0.481 e. The van der Waals surface area contributed by atoms with Crippen LogP contribution in [-0.4, -0.2) is 63.8 Å². The number of hydrogen-bond acceptors (Lipinski definition) is 5. The molecule has 1 aromatic carbocycles. The molecule has 1 aromatic rings. The minimum absolute atomic E-state index is 0.106. The van der Waals surface area contributed by atoms with E-state index in [0.717, 1.165) is 0 Å². The maximum Gasteiger partial charge on any atom is 0.317 e. The highest BCUT2D eigenvalue weighted by molar-refractivity contribution is 7.89. The first-order valence-corrected chi connectivity index (χ1v) is 10.1. The number of hydrogen-bond donors (Lipinski definition) is 3. The van der Waals surface area contributed by atoms with Crippen molar-refractivity contribution in [2.24, 2.45) is 5.92 Å². The Morgan fingerprint density at radius 2 is 2.15 bits per heavy atom. The van der Waals surface area contributed by atoms with E-state index in [1.165, 1.54) is 24.1 Å². The van der Waals surface area contributed by atoms with Crippen molar-refractivity contribution in [2.75, 3.05) is 33.4 Å². The van der Waals surface area contributed by atoms with Gasteiger partial charge in [0.1, 0.15) is 0 Å². The predicted octanol–water partition coefficient (Wildman–Crippen LogP) is 0.618. The van der Waals surface area contributed by atoms with Crippen LogP contribution >= 0.6 is 0 Å². The second kappa shape index (κ2) is 9.67. The Morgan fingerprint density at radius 3 is 2.85 bits per heavy atom. The molecule has 1 saturated heterocycles. The summed E-state index contributed by atoms with van der Waals surface area (Å²) in [6, 6.07) is 5.93. The lowest BCUT2D eigenvalue weighted by molar-refractivity contribution is -0.143. The van der Waals surface area contributed by atoms with Crippen LogP contribution in [0.4, 0.5) is 4.79 Å². The van der Waals surface area contributed by atoms with Gasteiger partial charge in [-0.2, -0.15) is 0 Å². The van der Waals surface area contributed by atoms with Gasteiger partial charge in [-0.1, -0.05) is 12.1 Å². The summed E-state index contributed by atoms with van der Waals surface area (Å²) in [6.45, 7) is 1.27. The molecule has 0 spiro atoms. The van der Waals surface area contributed by atoms with E-state index in [9.17, 15) is 18.0 Å². The standard InChI is InChI=1S/C17H25N3O6S/c1-26-9-7-19-27(24,25)15-6-2-4-13(10-15)11-18-17(23)20-8-3-5-14(12-20)16(21)22/h2,4,6,10,14,19H,3,5,7-9,11-12H2,1H3,(H,18,23)(H,21,22). The third-order valence-corrected chi connectivity index (χ3v) is 5.77. The van der Waals surface area contributed by atoms with Crippen molar-refractivity contribution in [1.82, 2.24) is 14.9 Å². The van der Waals surface area contributed by atoms with Crippen molar-refractivity contribution >= 4 is 22.0 Å². The first-order chi connectivity index (χ1) is 12.8. The molecule has 1 heterocycles. The summed E-state index contributed by atoms with van der Waals surface area (Å²) in [5.74, 6) is -1.44. The topological polar surface area (TPSA) is 125 Å². The monoisotopic (exact) mass is 399 g/mol. The van der Waals surface area contributed by atoms with Crippen molar-refractivity contribution in [3.8, 4) is 0 Å². The largest absolute Gasteiger partial charge is 0.481 e. The summed E-state index contributed by atoms with van der Waals surface area (Å²) < 4.78 is 31.7. The molecule has 1 unspecified atom stereocenters. The number of carboxylic acid groups (broad SMARTS) is 1. The third-order valence-electron chi connectivity index (χ3n) is 4.31. The maximum absolute atomic E-state index is 12.3. The lowest BCUT2D eigenvalue weighted by Crippen LogP contribution is -2.46. The zero-order valence-corrected chi connectivity index (χ0v) is 16.0. The Hall–Kier alpha value is -2.17. The number of ether oxygens (including phenoxy) is 1. The number of carbonyl (C=O) groups excluding carboxylic acids is 1. The van der Waals surface area contributed by atoms with Gasteiger partial charge in [-0.25, -0.2) is 17.9 Å². The number of benzene rings is 1. The van der Waals surface area contributed by atoms with Crippen molar-refractivity contribution < 1.29 is 27.9 Å². The average Bonchev–Trinajstić information content (AvgIpc) is 2.66. The molecule has 150 valence electrons. The molecule has 0 radical (unpaired) electrons. The molecule has 0 aliphatic carbocycles. The van der Waals surface area contributed by atoms with Gasteiger partial charge in [-0.3, -0.25) is 4.79 Å². The number of rotatable bonds is 8. The fraction of sp³-hybridized carbons (Fsp3) is 0.529. The highest BCUT2D eigenvalue weighted by atomic mass is 32.2. The molecular weight excluding hydrogens is 374 g/mol. The zero-order chi connectivity index (χ0) is 19.9. The lowest BCUT2D eigenvalue weighted by Gasteiger charge is -2.30. The third kappa shape index (κ3) is 6.19. The molecule has 1 aliphatic heterocycles. The van der Waals surface area contributed by atoms with Crippen LogP contribution in [0.2, 0.25) is 0 Å². The van der Waals surface area contributed by atoms with Gasteiger partial charge in [-0.15, -0.1) is 0 Å². The number of nitrogens with one attached hydrogen (secondary N) is 2. The molecule has 3 N–H and O–H groups in total. The van der Waals surface area contributed by atoms with Crippen LogP contribution < -0.4 is 10.0 Å². The highest BCUT2D eigenvalue weighted by Crippen LogP contribution is 2.17. The Kier molecular flexibility index (Phi) is 7.57. The van der Waals surface area contributed by atoms with E-state index in [-0.39, 0.29) is 37.2 Å². The quantitative estimate of drug-likeness (QED) is 0.550. The molecule has 9 nitrogen and oxygen atoms in total. The first-order valence-electron chi connectivity index (χ1n) is 8.66. The summed E-state index contributed by atoms with van der Waals surface area (Å²) in [5.41, 5.74) is 0.629. The molecule has 2 amide bonds. The molecule has 1 aliphatic rings. The van der Waals surface area contributed by atoms with Crippen molar-refractivity contribution in [2.45, 2.75) is 24.3 Å². The minimum atomic E-state index is -3.65. The fourth-order valence-electron chi connectivity index (χ4n) is 2.84. The van der Waals surface area contributed by atoms with Crippen molar-refractivity contribution in [3.63, 3.8) is 0 Å². The number of carboxylic acids is 1. The number of nitrogens with zero attached hydrogens (tertiary/aromatic N) is 1. The normalized spacial score (nSPS) is 17.5. The van der Waals surface area contributed by atoms with Gasteiger partial charge in [-0.05, 0) is 30.5 Å². The predicted molar refractivity (Wildman–Crippen MR) is 97.7 cm³/mol. The van der Waals surface area contributed by atoms with Crippen LogP contribution in [-0.2, 0) is 26.1 Å². The van der Waals surface area contributed by atoms with E-state index >= 15 is 0 Å². The van der Waals surface area contributed by atoms with Gasteiger partial charge in [0.25, 0.3) is 0 Å². The maximum atomic E-state index is 12.3. The number of aliphatic carboxylic acids is 1. The Labute approximate surface area is 158 Å². The molecule has 0 bridgehead atoms. The molecule has 1 fully saturated rings. The van der Waals surface area contributed by atoms with E-state index in [2.05, 4.69) is 10.0 Å². The van der Waals surface area contributed by atoms with Gasteiger partial charge in [0.15, 0.2) is 0 Å². The smallest absolute Gasteiger partial charge is 0.317 e. The number of methoxy groups -OCH3 is 1. The summed E-state index contributed by atoms with van der Waals surface area (Å²) in [6.07, 6.45) is 1.21. The first kappa shape index (κ1) is 21.1. The number of carbonyl (C=O) groups is 2. The summed E-state index contributed by atoms with van der Waals surface area (Å²) in [4.78, 5) is 25.0. The molecule has 27 heavy (non-hydrogen) atoms. The Bertz CT molecular complexity index is 768. The summed E-state index contributed by atoms with van der Waals surface area (Å²) >= 11 is 0. The molecular formula is C17H25N3O6S. The van der Waals surface area contributed by atoms with Crippen molar-refractivity contribution in [3.05, 3.63) is 29.8 Å². The van der Waals surface area contributed by atoms with Crippen LogP contribution in [0.3, 0.4) is 0 Å². The van der Waals surface area contributed by atoms with Gasteiger partial charge in [0.05, 0.1) is 17.4 Å². The van der Waals surface area contributed by atoms with Crippen LogP contribution in [0.5, 0.6) is 0 Å². The molecule has 10 heteroatoms. The zero-order valence-electron chi connectivity index (χ0n) is 15.2. The molecule has 0 aromatic heterocycles. The summed E-state index contributed by atoms with van der Waals surface area (Å²) in [7, 11) is -2.16. The number of amides is 2. The second-order valence-electron chi connectivity index (χ2n) is 6.32. The number of piperidine rings is 1. The molecule has 2 rings (SSSR count). The van der Waals surface area contributed by atoms with E-state index in [1.807, 2.05) is 0 Å². The van der Waals surface area contributed by atoms with E-state index in [1.54, 1.807) is 12.1 Å². The average molecular weight is 399 g/mol. The summed E-state index contributed by atoms with van der Waals surface area (Å²) in [5, 5.41) is 11.8. The van der Waals surface area contributed by atoms with Gasteiger partial charge in [0.2, 0.25) is 10.0 Å². The number of likely N-dealkylation sites (tertiary alicyclic amines) is 1. The Balaban J connectivity index is 1.94. The van der Waals surface area contributed by atoms with Gasteiger partial charge < -0.3 is 20.1 Å². The van der Waals surface area contributed by atoms with Crippen LogP contribution in [0.15, 0.2) is 29.2 Å². The Morgan fingerprint density at radius 1 is 1.37 bits per heavy atom. The van der Waals surface area contributed by atoms with Crippen LogP contribution in [0, 0.1) is 5.92 Å². The van der Waals surface area contributed by atoms with Gasteiger partial charge >= 0.3 is 12.0 Å². The van der Waals surface area contributed by atoms with Gasteiger partial charge in [0, 0.05) is 33.3 Å². The highest BCUT2D eigenvalue weighted by Gasteiger charge is 2.28. The molecule has 0 saturated carbocycles. The van der Waals surface area contributed by atoms with Crippen LogP contribution in [0.1, 0.15) is 18.4 Å². The van der Waals surface area contributed by atoms with Crippen molar-refractivity contribution in [1.29, 1.82) is 0 Å². The number of urea groups is 1. The van der Waals surface area contributed by atoms with E-state index in [4.69, 9.17) is 9.84 Å².